The fraction of sp³-hybridized carbons (Fsp3) is 0.160. The Kier molecular flexibility index (Phi) is 6.06. The van der Waals surface area contributed by atoms with E-state index >= 15 is 0 Å². The molecule has 31 heavy (non-hydrogen) atoms. The minimum absolute atomic E-state index is 0.0221. The second-order valence-corrected chi connectivity index (χ2v) is 7.24. The molecular formula is C25H21N3O3. The van der Waals surface area contributed by atoms with E-state index in [9.17, 15) is 14.7 Å². The summed E-state index contributed by atoms with van der Waals surface area (Å²) in [5, 5.41) is 12.7. The number of carbonyl (C=O) groups excluding carboxylic acids is 2. The highest BCUT2D eigenvalue weighted by atomic mass is 16.3. The molecule has 1 fully saturated rings. The molecule has 1 unspecified atom stereocenters. The number of nitrogens with one attached hydrogen (secondary N) is 1. The van der Waals surface area contributed by atoms with Gasteiger partial charge in [-0.2, -0.15) is 0 Å². The lowest BCUT2D eigenvalue weighted by Crippen LogP contribution is -2.42. The van der Waals surface area contributed by atoms with Crippen LogP contribution in [0, 0.1) is 11.8 Å². The molecule has 0 spiro atoms. The molecule has 1 aliphatic rings. The smallest absolute Gasteiger partial charge is 0.255 e. The van der Waals surface area contributed by atoms with E-state index in [0.717, 1.165) is 5.56 Å². The maximum atomic E-state index is 12.6. The number of piperidine rings is 1. The Labute approximate surface area is 180 Å². The zero-order valence-electron chi connectivity index (χ0n) is 16.8. The molecular weight excluding hydrogens is 390 g/mol. The first kappa shape index (κ1) is 20.3. The van der Waals surface area contributed by atoms with E-state index in [4.69, 9.17) is 0 Å². The van der Waals surface area contributed by atoms with Crippen LogP contribution < -0.4 is 10.2 Å². The number of hydrogen-bond donors (Lipinski definition) is 2. The number of benzene rings is 2. The van der Waals surface area contributed by atoms with Crippen LogP contribution in [0.2, 0.25) is 0 Å². The van der Waals surface area contributed by atoms with Gasteiger partial charge >= 0.3 is 0 Å². The van der Waals surface area contributed by atoms with Gasteiger partial charge in [0.2, 0.25) is 5.91 Å². The van der Waals surface area contributed by atoms with Crippen LogP contribution in [0.25, 0.3) is 0 Å². The molecule has 6 nitrogen and oxygen atoms in total. The maximum Gasteiger partial charge on any atom is 0.255 e. The summed E-state index contributed by atoms with van der Waals surface area (Å²) >= 11 is 0. The van der Waals surface area contributed by atoms with Gasteiger partial charge in [-0.1, -0.05) is 18.1 Å². The average Bonchev–Trinajstić information content (AvgIpc) is 2.80. The van der Waals surface area contributed by atoms with Crippen molar-refractivity contribution in [3.63, 3.8) is 0 Å². The number of pyridine rings is 1. The van der Waals surface area contributed by atoms with Gasteiger partial charge in [-0.15, -0.1) is 0 Å². The van der Waals surface area contributed by atoms with Crippen molar-refractivity contribution in [2.24, 2.45) is 0 Å². The van der Waals surface area contributed by atoms with E-state index in [0.29, 0.717) is 35.5 Å². The predicted molar refractivity (Wildman–Crippen MR) is 119 cm³/mol. The van der Waals surface area contributed by atoms with Crippen molar-refractivity contribution in [3.8, 4) is 11.8 Å². The average molecular weight is 411 g/mol. The van der Waals surface area contributed by atoms with Crippen molar-refractivity contribution in [2.75, 3.05) is 16.8 Å². The molecule has 0 bridgehead atoms. The number of amides is 2. The van der Waals surface area contributed by atoms with Crippen LogP contribution in [0.4, 0.5) is 11.4 Å². The molecule has 2 amide bonds. The molecule has 4 rings (SSSR count). The number of anilines is 2. The molecule has 154 valence electrons. The lowest BCUT2D eigenvalue weighted by Gasteiger charge is -2.30. The molecule has 3 aromatic rings. The summed E-state index contributed by atoms with van der Waals surface area (Å²) in [5.74, 6) is 5.76. The predicted octanol–water partition coefficient (Wildman–Crippen LogP) is 3.22. The Hall–Kier alpha value is -3.95. The van der Waals surface area contributed by atoms with Gasteiger partial charge in [-0.05, 0) is 66.9 Å². The Morgan fingerprint density at radius 3 is 2.68 bits per heavy atom. The highest BCUT2D eigenvalue weighted by molar-refractivity contribution is 6.05. The van der Waals surface area contributed by atoms with Crippen LogP contribution in [-0.4, -0.2) is 34.6 Å². The van der Waals surface area contributed by atoms with E-state index in [1.54, 1.807) is 47.5 Å². The number of nitrogens with zero attached hydrogens (tertiary/aromatic N) is 2. The van der Waals surface area contributed by atoms with E-state index in [1.807, 2.05) is 30.3 Å². The minimum atomic E-state index is -0.520. The van der Waals surface area contributed by atoms with Gasteiger partial charge in [0.15, 0.2) is 0 Å². The summed E-state index contributed by atoms with van der Waals surface area (Å²) in [4.78, 5) is 30.5. The Bertz CT molecular complexity index is 1150. The summed E-state index contributed by atoms with van der Waals surface area (Å²) in [6.07, 6.45) is 1.98. The maximum absolute atomic E-state index is 12.6. The van der Waals surface area contributed by atoms with E-state index in [2.05, 4.69) is 22.1 Å². The summed E-state index contributed by atoms with van der Waals surface area (Å²) in [7, 11) is 0. The standard InChI is InChI=1S/C25H21N3O3/c29-23-13-14-24(30)28(17-23)22-11-8-19(9-12-22)25(31)27-21-6-3-4-18(16-21)7-10-20-5-1-2-15-26-20/h1-6,8-9,11-12,15-16,23,29H,13-14,17H2,(H,27,31). The van der Waals surface area contributed by atoms with Gasteiger partial charge in [0.25, 0.3) is 5.91 Å². The number of rotatable bonds is 3. The Balaban J connectivity index is 1.44. The first-order valence-corrected chi connectivity index (χ1v) is 10.0. The number of hydrogen-bond acceptors (Lipinski definition) is 4. The van der Waals surface area contributed by atoms with E-state index in [-0.39, 0.29) is 18.4 Å². The number of β-amino-alcohol motifs (C(OH)–C–C–N with tert-alkyl or cyclic N) is 1. The van der Waals surface area contributed by atoms with Gasteiger partial charge < -0.3 is 15.3 Å². The highest BCUT2D eigenvalue weighted by Gasteiger charge is 2.25. The zero-order valence-corrected chi connectivity index (χ0v) is 16.8. The molecule has 2 N–H and O–H groups in total. The molecule has 2 aromatic carbocycles. The number of aliphatic hydroxyl groups excluding tert-OH is 1. The van der Waals surface area contributed by atoms with Crippen molar-refractivity contribution < 1.29 is 14.7 Å². The molecule has 0 radical (unpaired) electrons. The van der Waals surface area contributed by atoms with Crippen molar-refractivity contribution in [1.82, 2.24) is 4.98 Å². The quantitative estimate of drug-likeness (QED) is 0.649. The third-order valence-electron chi connectivity index (χ3n) is 4.95. The third kappa shape index (κ3) is 5.16. The molecule has 0 aliphatic carbocycles. The van der Waals surface area contributed by atoms with Gasteiger partial charge in [0, 0.05) is 35.1 Å². The van der Waals surface area contributed by atoms with Crippen molar-refractivity contribution >= 4 is 23.2 Å². The van der Waals surface area contributed by atoms with Gasteiger partial charge in [0.05, 0.1) is 12.6 Å². The van der Waals surface area contributed by atoms with E-state index in [1.165, 1.54) is 0 Å². The van der Waals surface area contributed by atoms with Crippen molar-refractivity contribution in [1.29, 1.82) is 0 Å². The van der Waals surface area contributed by atoms with Crippen LogP contribution in [0.15, 0.2) is 72.9 Å². The molecule has 1 atom stereocenters. The Morgan fingerprint density at radius 1 is 1.06 bits per heavy atom. The summed E-state index contributed by atoms with van der Waals surface area (Å²) in [5.41, 5.74) is 3.22. The first-order valence-electron chi connectivity index (χ1n) is 10.0. The highest BCUT2D eigenvalue weighted by Crippen LogP contribution is 2.22. The number of carbonyl (C=O) groups is 2. The topological polar surface area (TPSA) is 82.5 Å². The summed E-state index contributed by atoms with van der Waals surface area (Å²) < 4.78 is 0. The van der Waals surface area contributed by atoms with Gasteiger partial charge in [0.1, 0.15) is 5.69 Å². The Morgan fingerprint density at radius 2 is 1.90 bits per heavy atom. The summed E-state index contributed by atoms with van der Waals surface area (Å²) in [6.45, 7) is 0.275. The molecule has 1 aliphatic heterocycles. The summed E-state index contributed by atoms with van der Waals surface area (Å²) in [6, 6.07) is 19.6. The van der Waals surface area contributed by atoms with Crippen molar-refractivity contribution in [3.05, 3.63) is 89.7 Å². The molecule has 2 heterocycles. The van der Waals surface area contributed by atoms with E-state index < -0.39 is 6.10 Å². The SMILES string of the molecule is O=C(Nc1cccc(C#Cc2ccccn2)c1)c1ccc(N2CC(O)CCC2=O)cc1. The number of aliphatic hydroxyl groups is 1. The molecule has 0 saturated carbocycles. The first-order chi connectivity index (χ1) is 15.1. The third-order valence-corrected chi connectivity index (χ3v) is 4.95. The van der Waals surface area contributed by atoms with Gasteiger partial charge in [-0.25, -0.2) is 4.98 Å². The van der Waals surface area contributed by atoms with Crippen LogP contribution >= 0.6 is 0 Å². The normalized spacial score (nSPS) is 15.7. The lowest BCUT2D eigenvalue weighted by atomic mass is 10.1. The second-order valence-electron chi connectivity index (χ2n) is 7.24. The second kappa shape index (κ2) is 9.24. The fourth-order valence-electron chi connectivity index (χ4n) is 3.32. The fourth-order valence-corrected chi connectivity index (χ4v) is 3.32. The van der Waals surface area contributed by atoms with Crippen LogP contribution in [0.1, 0.15) is 34.5 Å². The molecule has 1 saturated heterocycles. The minimum Gasteiger partial charge on any atom is -0.391 e. The van der Waals surface area contributed by atoms with Crippen LogP contribution in [0.3, 0.4) is 0 Å². The monoisotopic (exact) mass is 411 g/mol. The van der Waals surface area contributed by atoms with Crippen LogP contribution in [0.5, 0.6) is 0 Å². The lowest BCUT2D eigenvalue weighted by molar-refractivity contribution is -0.121. The largest absolute Gasteiger partial charge is 0.391 e. The molecule has 1 aromatic heterocycles. The number of aromatic nitrogens is 1. The molecule has 6 heteroatoms. The zero-order chi connectivity index (χ0) is 21.6. The van der Waals surface area contributed by atoms with Crippen LogP contribution in [-0.2, 0) is 4.79 Å². The van der Waals surface area contributed by atoms with Gasteiger partial charge in [-0.3, -0.25) is 9.59 Å². The van der Waals surface area contributed by atoms with Crippen molar-refractivity contribution in [2.45, 2.75) is 18.9 Å².